The normalized spacial score (nSPS) is 11.8. The lowest BCUT2D eigenvalue weighted by Gasteiger charge is -2.09. The minimum Gasteiger partial charge on any atom is -0.392 e. The second kappa shape index (κ2) is 5.92. The van der Waals surface area contributed by atoms with Gasteiger partial charge < -0.3 is 9.63 Å². The molecule has 0 unspecified atom stereocenters. The van der Waals surface area contributed by atoms with E-state index in [4.69, 9.17) is 9.63 Å². The molecule has 0 aliphatic carbocycles. The van der Waals surface area contributed by atoms with Crippen LogP contribution in [0.5, 0.6) is 0 Å². The third-order valence-electron chi connectivity index (χ3n) is 2.90. The van der Waals surface area contributed by atoms with Crippen LogP contribution in [0.4, 0.5) is 4.39 Å². The van der Waals surface area contributed by atoms with Crippen molar-refractivity contribution >= 4 is 10.0 Å². The van der Waals surface area contributed by atoms with Crippen LogP contribution < -0.4 is 4.72 Å². The fourth-order valence-corrected chi connectivity index (χ4v) is 2.95. The van der Waals surface area contributed by atoms with Gasteiger partial charge in [0.25, 0.3) is 0 Å². The summed E-state index contributed by atoms with van der Waals surface area (Å²) < 4.78 is 45.2. The number of halogens is 1. The standard InChI is InChI=1S/C13H15FN2O4S/c1-8-3-12(5-10(7-17)13(8)14)21(18,19)15-6-11-4-9(2)16-20-11/h3-5,15,17H,6-7H2,1-2H3. The molecule has 0 radical (unpaired) electrons. The fraction of sp³-hybridized carbons (Fsp3) is 0.308. The van der Waals surface area contributed by atoms with Crippen molar-refractivity contribution in [1.29, 1.82) is 0 Å². The van der Waals surface area contributed by atoms with Gasteiger partial charge in [0, 0.05) is 11.6 Å². The summed E-state index contributed by atoms with van der Waals surface area (Å²) in [7, 11) is -3.84. The molecule has 0 atom stereocenters. The van der Waals surface area contributed by atoms with Crippen LogP contribution in [0.3, 0.4) is 0 Å². The Kier molecular flexibility index (Phi) is 4.40. The lowest BCUT2D eigenvalue weighted by Crippen LogP contribution is -2.23. The van der Waals surface area contributed by atoms with E-state index in [1.807, 2.05) is 0 Å². The topological polar surface area (TPSA) is 92.4 Å². The van der Waals surface area contributed by atoms with Crippen LogP contribution in [-0.2, 0) is 23.2 Å². The van der Waals surface area contributed by atoms with Crippen LogP contribution in [0.2, 0.25) is 0 Å². The van der Waals surface area contributed by atoms with Gasteiger partial charge in [-0.1, -0.05) is 5.16 Å². The molecule has 1 aromatic carbocycles. The number of aromatic nitrogens is 1. The Bertz CT molecular complexity index is 756. The third-order valence-corrected chi connectivity index (χ3v) is 4.28. The molecule has 0 saturated carbocycles. The van der Waals surface area contributed by atoms with Gasteiger partial charge in [-0.25, -0.2) is 17.5 Å². The van der Waals surface area contributed by atoms with Gasteiger partial charge in [0.1, 0.15) is 5.82 Å². The first-order chi connectivity index (χ1) is 9.83. The molecule has 0 fully saturated rings. The van der Waals surface area contributed by atoms with Gasteiger partial charge in [-0.3, -0.25) is 0 Å². The maximum absolute atomic E-state index is 13.6. The second-order valence-electron chi connectivity index (χ2n) is 4.63. The molecule has 0 aliphatic heterocycles. The Labute approximate surface area is 121 Å². The maximum Gasteiger partial charge on any atom is 0.241 e. The Morgan fingerprint density at radius 2 is 2.05 bits per heavy atom. The van der Waals surface area contributed by atoms with Crippen molar-refractivity contribution in [2.24, 2.45) is 0 Å². The SMILES string of the molecule is Cc1cc(CNS(=O)(=O)c2cc(C)c(F)c(CO)c2)on1. The van der Waals surface area contributed by atoms with Crippen molar-refractivity contribution in [2.45, 2.75) is 31.9 Å². The average Bonchev–Trinajstić information content (AvgIpc) is 2.85. The minimum absolute atomic E-state index is 0.0615. The summed E-state index contributed by atoms with van der Waals surface area (Å²) >= 11 is 0. The van der Waals surface area contributed by atoms with Gasteiger partial charge >= 0.3 is 0 Å². The summed E-state index contributed by atoms with van der Waals surface area (Å²) in [5, 5.41) is 12.7. The number of aliphatic hydroxyl groups excluding tert-OH is 1. The van der Waals surface area contributed by atoms with Crippen LogP contribution in [0.25, 0.3) is 0 Å². The summed E-state index contributed by atoms with van der Waals surface area (Å²) in [4.78, 5) is -0.110. The van der Waals surface area contributed by atoms with Crippen LogP contribution in [0.1, 0.15) is 22.6 Å². The van der Waals surface area contributed by atoms with Crippen LogP contribution >= 0.6 is 0 Å². The molecule has 0 amide bonds. The number of hydrogen-bond acceptors (Lipinski definition) is 5. The fourth-order valence-electron chi connectivity index (χ4n) is 1.83. The van der Waals surface area contributed by atoms with Crippen molar-refractivity contribution in [3.63, 3.8) is 0 Å². The molecule has 2 N–H and O–H groups in total. The van der Waals surface area contributed by atoms with Gasteiger partial charge in [0.05, 0.1) is 23.7 Å². The molecule has 6 nitrogen and oxygen atoms in total. The van der Waals surface area contributed by atoms with E-state index in [-0.39, 0.29) is 22.6 Å². The van der Waals surface area contributed by atoms with E-state index in [0.29, 0.717) is 11.5 Å². The predicted molar refractivity (Wildman–Crippen MR) is 72.3 cm³/mol. The molecule has 8 heteroatoms. The van der Waals surface area contributed by atoms with Gasteiger partial charge in [-0.15, -0.1) is 0 Å². The third kappa shape index (κ3) is 3.46. The van der Waals surface area contributed by atoms with Crippen molar-refractivity contribution in [3.05, 3.63) is 46.6 Å². The molecule has 0 aliphatic rings. The molecule has 0 bridgehead atoms. The number of aliphatic hydroxyl groups is 1. The number of nitrogens with zero attached hydrogens (tertiary/aromatic N) is 1. The molecular formula is C13H15FN2O4S. The molecule has 2 rings (SSSR count). The highest BCUT2D eigenvalue weighted by molar-refractivity contribution is 7.89. The van der Waals surface area contributed by atoms with Crippen molar-refractivity contribution < 1.29 is 22.4 Å². The summed E-state index contributed by atoms with van der Waals surface area (Å²) in [6, 6.07) is 3.93. The quantitative estimate of drug-likeness (QED) is 0.870. The number of hydrogen-bond donors (Lipinski definition) is 2. The van der Waals surface area contributed by atoms with E-state index in [9.17, 15) is 12.8 Å². The monoisotopic (exact) mass is 314 g/mol. The Balaban J connectivity index is 2.25. The highest BCUT2D eigenvalue weighted by Gasteiger charge is 2.18. The van der Waals surface area contributed by atoms with E-state index in [0.717, 1.165) is 6.07 Å². The molecule has 1 heterocycles. The first-order valence-electron chi connectivity index (χ1n) is 6.15. The second-order valence-corrected chi connectivity index (χ2v) is 6.40. The number of aryl methyl sites for hydroxylation is 2. The number of nitrogens with one attached hydrogen (secondary N) is 1. The van der Waals surface area contributed by atoms with Crippen molar-refractivity contribution in [2.75, 3.05) is 0 Å². The molecular weight excluding hydrogens is 299 g/mol. The van der Waals surface area contributed by atoms with E-state index < -0.39 is 22.4 Å². The zero-order chi connectivity index (χ0) is 15.6. The predicted octanol–water partition coefficient (Wildman–Crippen LogP) is 1.40. The number of sulfonamides is 1. The number of benzene rings is 1. The van der Waals surface area contributed by atoms with Gasteiger partial charge in [-0.05, 0) is 31.5 Å². The summed E-state index contributed by atoms with van der Waals surface area (Å²) in [5.41, 5.74) is 0.729. The average molecular weight is 314 g/mol. The largest absolute Gasteiger partial charge is 0.392 e. The Morgan fingerprint density at radius 1 is 1.33 bits per heavy atom. The lowest BCUT2D eigenvalue weighted by atomic mass is 10.1. The van der Waals surface area contributed by atoms with Crippen LogP contribution in [0, 0.1) is 19.7 Å². The van der Waals surface area contributed by atoms with E-state index in [1.165, 1.54) is 13.0 Å². The first kappa shape index (κ1) is 15.6. The first-order valence-corrected chi connectivity index (χ1v) is 7.63. The maximum atomic E-state index is 13.6. The van der Waals surface area contributed by atoms with Crippen molar-refractivity contribution in [1.82, 2.24) is 9.88 Å². The van der Waals surface area contributed by atoms with Crippen molar-refractivity contribution in [3.8, 4) is 0 Å². The lowest BCUT2D eigenvalue weighted by molar-refractivity contribution is 0.275. The molecule has 0 spiro atoms. The minimum atomic E-state index is -3.84. The van der Waals surface area contributed by atoms with Gasteiger partial charge in [0.15, 0.2) is 5.76 Å². The Hall–Kier alpha value is -1.77. The molecule has 0 saturated heterocycles. The smallest absolute Gasteiger partial charge is 0.241 e. The highest BCUT2D eigenvalue weighted by atomic mass is 32.2. The summed E-state index contributed by atoms with van der Waals surface area (Å²) in [5.74, 6) is -0.236. The summed E-state index contributed by atoms with van der Waals surface area (Å²) in [6.07, 6.45) is 0. The van der Waals surface area contributed by atoms with Crippen LogP contribution in [-0.4, -0.2) is 18.7 Å². The zero-order valence-electron chi connectivity index (χ0n) is 11.6. The summed E-state index contributed by atoms with van der Waals surface area (Å²) in [6.45, 7) is 2.52. The Morgan fingerprint density at radius 3 is 2.62 bits per heavy atom. The zero-order valence-corrected chi connectivity index (χ0v) is 12.4. The molecule has 1 aromatic heterocycles. The van der Waals surface area contributed by atoms with E-state index >= 15 is 0 Å². The van der Waals surface area contributed by atoms with E-state index in [2.05, 4.69) is 9.88 Å². The van der Waals surface area contributed by atoms with Gasteiger partial charge in [0.2, 0.25) is 10.0 Å². The molecule has 114 valence electrons. The number of rotatable bonds is 5. The van der Waals surface area contributed by atoms with Gasteiger partial charge in [-0.2, -0.15) is 0 Å². The molecule has 2 aromatic rings. The molecule has 21 heavy (non-hydrogen) atoms. The van der Waals surface area contributed by atoms with E-state index in [1.54, 1.807) is 13.0 Å². The highest BCUT2D eigenvalue weighted by Crippen LogP contribution is 2.19. The van der Waals surface area contributed by atoms with Crippen LogP contribution in [0.15, 0.2) is 27.6 Å².